The molecular weight excluding hydrogens is 230 g/mol. The van der Waals surface area contributed by atoms with Gasteiger partial charge in [-0.2, -0.15) is 0 Å². The van der Waals surface area contributed by atoms with Gasteiger partial charge >= 0.3 is 0 Å². The molecule has 1 unspecified atom stereocenters. The summed E-state index contributed by atoms with van der Waals surface area (Å²) < 4.78 is 0. The van der Waals surface area contributed by atoms with E-state index in [1.807, 2.05) is 0 Å². The number of rotatable bonds is 10. The van der Waals surface area contributed by atoms with E-state index >= 15 is 0 Å². The van der Waals surface area contributed by atoms with Crippen molar-refractivity contribution in [1.29, 1.82) is 0 Å². The van der Waals surface area contributed by atoms with Crippen LogP contribution in [-0.4, -0.2) is 52.6 Å². The van der Waals surface area contributed by atoms with Gasteiger partial charge in [0.15, 0.2) is 0 Å². The summed E-state index contributed by atoms with van der Waals surface area (Å²) in [6.07, 6.45) is 3.23. The third-order valence-corrected chi connectivity index (χ3v) is 2.11. The molecule has 8 nitrogen and oxygen atoms in total. The Balaban J connectivity index is 3.21. The maximum absolute atomic E-state index is 11.1. The van der Waals surface area contributed by atoms with Gasteiger partial charge in [0.1, 0.15) is 6.04 Å². The third kappa shape index (κ3) is 10.1. The van der Waals surface area contributed by atoms with Gasteiger partial charge in [-0.05, 0) is 12.8 Å². The molecule has 8 heteroatoms. The van der Waals surface area contributed by atoms with Crippen molar-refractivity contribution in [3.05, 3.63) is 0 Å². The molecule has 0 heterocycles. The van der Waals surface area contributed by atoms with E-state index in [1.165, 1.54) is 0 Å². The molecule has 0 radical (unpaired) electrons. The first-order valence-electron chi connectivity index (χ1n) is 5.53. The number of carbonyl (C=O) groups is 1. The lowest BCUT2D eigenvalue weighted by Gasteiger charge is -2.09. The van der Waals surface area contributed by atoms with Crippen molar-refractivity contribution in [3.63, 3.8) is 0 Å². The van der Waals surface area contributed by atoms with E-state index < -0.39 is 6.04 Å². The zero-order chi connectivity index (χ0) is 13.1. The third-order valence-electron chi connectivity index (χ3n) is 2.11. The van der Waals surface area contributed by atoms with Crippen LogP contribution in [0.2, 0.25) is 0 Å². The number of unbranched alkanes of at least 4 members (excludes halogenated alkanes) is 3. The van der Waals surface area contributed by atoms with Gasteiger partial charge < -0.3 is 16.2 Å². The van der Waals surface area contributed by atoms with Crippen molar-refractivity contribution in [2.45, 2.75) is 31.7 Å². The summed E-state index contributed by atoms with van der Waals surface area (Å²) in [7, 11) is 0. The molecule has 6 N–H and O–H groups in total. The Bertz CT molecular complexity index is 203. The molecule has 0 spiro atoms. The zero-order valence-corrected chi connectivity index (χ0v) is 9.71. The molecular formula is C9H21N3O5. The standard InChI is InChI=1S/C9H21N3O5/c10-8(7-13)9(14)11-5-3-1-2-4-6-17-12(15)16/h8,13,15-16H,1-7,10H2,(H,11,14). The Morgan fingerprint density at radius 3 is 2.53 bits per heavy atom. The number of carbonyl (C=O) groups excluding carboxylic acids is 1. The maximum atomic E-state index is 11.1. The molecule has 0 saturated heterocycles. The van der Waals surface area contributed by atoms with E-state index in [2.05, 4.69) is 10.2 Å². The van der Waals surface area contributed by atoms with Gasteiger partial charge in [-0.1, -0.05) is 12.8 Å². The second-order valence-electron chi connectivity index (χ2n) is 3.58. The van der Waals surface area contributed by atoms with Gasteiger partial charge in [-0.25, -0.2) is 0 Å². The Morgan fingerprint density at radius 2 is 1.94 bits per heavy atom. The van der Waals surface area contributed by atoms with E-state index in [4.69, 9.17) is 21.3 Å². The van der Waals surface area contributed by atoms with E-state index in [9.17, 15) is 4.79 Å². The van der Waals surface area contributed by atoms with Crippen LogP contribution in [0, 0.1) is 0 Å². The van der Waals surface area contributed by atoms with Gasteiger partial charge in [-0.3, -0.25) is 20.0 Å². The second kappa shape index (κ2) is 10.4. The fraction of sp³-hybridized carbons (Fsp3) is 0.889. The summed E-state index contributed by atoms with van der Waals surface area (Å²) in [4.78, 5) is 15.5. The van der Waals surface area contributed by atoms with Crippen LogP contribution in [-0.2, 0) is 9.63 Å². The average Bonchev–Trinajstić information content (AvgIpc) is 2.30. The van der Waals surface area contributed by atoms with Crippen LogP contribution in [0.1, 0.15) is 25.7 Å². The number of aliphatic hydroxyl groups is 1. The summed E-state index contributed by atoms with van der Waals surface area (Å²) in [6, 6.07) is -0.858. The molecule has 0 saturated carbocycles. The topological polar surface area (TPSA) is 128 Å². The molecule has 0 aromatic carbocycles. The molecule has 0 aliphatic rings. The van der Waals surface area contributed by atoms with Crippen LogP contribution < -0.4 is 11.1 Å². The van der Waals surface area contributed by atoms with Crippen molar-refractivity contribution >= 4 is 5.91 Å². The molecule has 0 aliphatic carbocycles. The normalized spacial score (nSPS) is 12.8. The highest BCUT2D eigenvalue weighted by atomic mass is 17.1. The summed E-state index contributed by atoms with van der Waals surface area (Å²) in [5.74, 6) is -0.355. The maximum Gasteiger partial charge on any atom is 0.239 e. The number of aliphatic hydroxyl groups excluding tert-OH is 1. The van der Waals surface area contributed by atoms with Crippen LogP contribution in [0.25, 0.3) is 0 Å². The molecule has 0 aliphatic heterocycles. The minimum absolute atomic E-state index is 0.231. The molecule has 1 atom stereocenters. The van der Waals surface area contributed by atoms with Crippen LogP contribution >= 0.6 is 0 Å². The van der Waals surface area contributed by atoms with E-state index in [1.54, 1.807) is 0 Å². The lowest BCUT2D eigenvalue weighted by Crippen LogP contribution is -2.43. The van der Waals surface area contributed by atoms with E-state index in [0.717, 1.165) is 19.3 Å². The smallest absolute Gasteiger partial charge is 0.239 e. The first kappa shape index (κ1) is 16.2. The Morgan fingerprint density at radius 1 is 1.29 bits per heavy atom. The van der Waals surface area contributed by atoms with Gasteiger partial charge in [0.05, 0.1) is 18.6 Å². The molecule has 102 valence electrons. The Labute approximate surface area is 99.8 Å². The van der Waals surface area contributed by atoms with E-state index in [0.29, 0.717) is 13.0 Å². The summed E-state index contributed by atoms with van der Waals surface area (Å²) in [6.45, 7) is 0.385. The van der Waals surface area contributed by atoms with Gasteiger partial charge in [-0.15, -0.1) is 0 Å². The molecule has 0 aromatic rings. The van der Waals surface area contributed by atoms with Crippen LogP contribution in [0.5, 0.6) is 0 Å². The van der Waals surface area contributed by atoms with Crippen molar-refractivity contribution in [2.75, 3.05) is 19.8 Å². The van der Waals surface area contributed by atoms with Crippen molar-refractivity contribution in [1.82, 2.24) is 10.7 Å². The number of hydrogen-bond donors (Lipinski definition) is 5. The fourth-order valence-electron chi connectivity index (χ4n) is 1.15. The first-order valence-corrected chi connectivity index (χ1v) is 5.53. The van der Waals surface area contributed by atoms with Crippen LogP contribution in [0.4, 0.5) is 0 Å². The number of nitrogens with two attached hydrogens (primary N) is 1. The minimum atomic E-state index is -0.858. The lowest BCUT2D eigenvalue weighted by atomic mass is 10.2. The monoisotopic (exact) mass is 251 g/mol. The number of hydrogen-bond acceptors (Lipinski definition) is 7. The summed E-state index contributed by atoms with van der Waals surface area (Å²) in [5.41, 5.74) is 5.29. The molecule has 0 fully saturated rings. The van der Waals surface area contributed by atoms with Crippen molar-refractivity contribution in [2.24, 2.45) is 5.73 Å². The van der Waals surface area contributed by atoms with Crippen LogP contribution in [0.3, 0.4) is 0 Å². The first-order chi connectivity index (χ1) is 8.07. The predicted molar refractivity (Wildman–Crippen MR) is 57.9 cm³/mol. The molecule has 0 aromatic heterocycles. The second-order valence-corrected chi connectivity index (χ2v) is 3.58. The minimum Gasteiger partial charge on any atom is -0.394 e. The highest BCUT2D eigenvalue weighted by molar-refractivity contribution is 5.81. The average molecular weight is 251 g/mol. The van der Waals surface area contributed by atoms with E-state index in [-0.39, 0.29) is 24.5 Å². The quantitative estimate of drug-likeness (QED) is 0.249. The van der Waals surface area contributed by atoms with Crippen molar-refractivity contribution in [3.8, 4) is 0 Å². The molecule has 0 bridgehead atoms. The molecule has 0 rings (SSSR count). The van der Waals surface area contributed by atoms with Gasteiger partial charge in [0.2, 0.25) is 5.91 Å². The summed E-state index contributed by atoms with van der Waals surface area (Å²) >= 11 is 0. The molecule has 1 amide bonds. The lowest BCUT2D eigenvalue weighted by molar-refractivity contribution is -0.492. The van der Waals surface area contributed by atoms with Crippen LogP contribution in [0.15, 0.2) is 0 Å². The number of nitrogens with one attached hydrogen (secondary N) is 1. The van der Waals surface area contributed by atoms with Crippen molar-refractivity contribution < 1.29 is 25.2 Å². The van der Waals surface area contributed by atoms with Gasteiger partial charge in [0.25, 0.3) is 0 Å². The fourth-order valence-corrected chi connectivity index (χ4v) is 1.15. The number of amides is 1. The SMILES string of the molecule is NC(CO)C(=O)NCCCCCCON(O)O. The highest BCUT2D eigenvalue weighted by Crippen LogP contribution is 1.99. The van der Waals surface area contributed by atoms with Gasteiger partial charge in [0, 0.05) is 6.54 Å². The number of nitrogens with zero attached hydrogens (tertiary/aromatic N) is 1. The zero-order valence-electron chi connectivity index (χ0n) is 9.71. The Hall–Kier alpha value is -0.770. The highest BCUT2D eigenvalue weighted by Gasteiger charge is 2.10. The molecule has 17 heavy (non-hydrogen) atoms. The largest absolute Gasteiger partial charge is 0.394 e. The summed E-state index contributed by atoms with van der Waals surface area (Å²) in [5, 5.41) is 27.3. The Kier molecular flexibility index (Phi) is 9.92. The predicted octanol–water partition coefficient (Wildman–Crippen LogP) is -1.01.